The molecule has 0 aliphatic heterocycles. The van der Waals surface area contributed by atoms with E-state index in [1.165, 1.54) is 0 Å². The summed E-state index contributed by atoms with van der Waals surface area (Å²) in [5.74, 6) is 1.06. The first kappa shape index (κ1) is 9.98. The third kappa shape index (κ3) is 2.10. The van der Waals surface area contributed by atoms with Gasteiger partial charge in [-0.15, -0.1) is 11.3 Å². The number of hydrogen-bond donors (Lipinski definition) is 1. The van der Waals surface area contributed by atoms with Crippen molar-refractivity contribution in [3.05, 3.63) is 29.0 Å². The van der Waals surface area contributed by atoms with Crippen LogP contribution in [0.4, 0.5) is 0 Å². The second-order valence-electron chi connectivity index (χ2n) is 3.17. The Morgan fingerprint density at radius 3 is 3.00 bits per heavy atom. The summed E-state index contributed by atoms with van der Waals surface area (Å²) in [6.45, 7) is 1.63. The Kier molecular flexibility index (Phi) is 2.60. The van der Waals surface area contributed by atoms with E-state index < -0.39 is 0 Å². The van der Waals surface area contributed by atoms with Crippen molar-refractivity contribution >= 4 is 27.6 Å². The Balaban J connectivity index is 2.51. The lowest BCUT2D eigenvalue weighted by Crippen LogP contribution is -1.80. The molecule has 2 aromatic rings. The second kappa shape index (κ2) is 3.90. The third-order valence-corrected chi connectivity index (χ3v) is 2.93. The van der Waals surface area contributed by atoms with E-state index in [1.807, 2.05) is 18.2 Å². The van der Waals surface area contributed by atoms with Gasteiger partial charge in [0.1, 0.15) is 10.8 Å². The molecule has 15 heavy (non-hydrogen) atoms. The Labute approximate surface area is 91.7 Å². The van der Waals surface area contributed by atoms with Crippen LogP contribution in [0.15, 0.2) is 24.0 Å². The van der Waals surface area contributed by atoms with E-state index in [0.717, 1.165) is 21.0 Å². The van der Waals surface area contributed by atoms with Gasteiger partial charge in [0.15, 0.2) is 0 Å². The van der Waals surface area contributed by atoms with Crippen molar-refractivity contribution in [2.45, 2.75) is 6.92 Å². The predicted octanol–water partition coefficient (Wildman–Crippen LogP) is 3.22. The molecule has 0 fully saturated rings. The fraction of sp³-hybridized carbons (Fsp3) is 0.182. The van der Waals surface area contributed by atoms with Gasteiger partial charge < -0.3 is 9.84 Å². The lowest BCUT2D eigenvalue weighted by atomic mass is 10.3. The van der Waals surface area contributed by atoms with Gasteiger partial charge in [0.25, 0.3) is 0 Å². The molecule has 3 nitrogen and oxygen atoms in total. The van der Waals surface area contributed by atoms with Crippen LogP contribution in [0, 0.1) is 0 Å². The molecule has 0 unspecified atom stereocenters. The van der Waals surface area contributed by atoms with Gasteiger partial charge in [-0.3, -0.25) is 0 Å². The van der Waals surface area contributed by atoms with Gasteiger partial charge in [-0.05, 0) is 19.1 Å². The van der Waals surface area contributed by atoms with E-state index in [9.17, 15) is 0 Å². The molecule has 0 aliphatic carbocycles. The molecule has 0 saturated heterocycles. The molecule has 1 heterocycles. The lowest BCUT2D eigenvalue weighted by Gasteiger charge is -1.96. The maximum atomic E-state index is 9.13. The Morgan fingerprint density at radius 1 is 1.53 bits per heavy atom. The summed E-state index contributed by atoms with van der Waals surface area (Å²) in [7, 11) is 1.63. The van der Waals surface area contributed by atoms with Crippen LogP contribution in [-0.4, -0.2) is 17.2 Å². The molecule has 0 radical (unpaired) electrons. The zero-order valence-electron chi connectivity index (χ0n) is 8.52. The van der Waals surface area contributed by atoms with Gasteiger partial charge in [0.05, 0.1) is 23.1 Å². The van der Waals surface area contributed by atoms with Crippen LogP contribution in [0.3, 0.4) is 0 Å². The largest absolute Gasteiger partial charge is 0.513 e. The fourth-order valence-corrected chi connectivity index (χ4v) is 2.24. The van der Waals surface area contributed by atoms with Crippen molar-refractivity contribution in [1.82, 2.24) is 4.98 Å². The molecular formula is C11H11NO2S. The highest BCUT2D eigenvalue weighted by Crippen LogP contribution is 2.26. The van der Waals surface area contributed by atoms with E-state index in [4.69, 9.17) is 9.84 Å². The van der Waals surface area contributed by atoms with Gasteiger partial charge in [0.2, 0.25) is 0 Å². The molecule has 0 atom stereocenters. The van der Waals surface area contributed by atoms with E-state index >= 15 is 0 Å². The van der Waals surface area contributed by atoms with Crippen molar-refractivity contribution in [3.63, 3.8) is 0 Å². The molecule has 2 rings (SSSR count). The molecule has 1 aromatic heterocycles. The highest BCUT2D eigenvalue weighted by molar-refractivity contribution is 7.19. The molecule has 78 valence electrons. The van der Waals surface area contributed by atoms with Gasteiger partial charge in [-0.25, -0.2) is 4.98 Å². The number of hydrogen-bond acceptors (Lipinski definition) is 4. The third-order valence-electron chi connectivity index (χ3n) is 1.94. The molecule has 0 spiro atoms. The Morgan fingerprint density at radius 2 is 2.33 bits per heavy atom. The summed E-state index contributed by atoms with van der Waals surface area (Å²) in [4.78, 5) is 4.36. The van der Waals surface area contributed by atoms with Crippen LogP contribution in [0.2, 0.25) is 0 Å². The number of thiazole rings is 1. The van der Waals surface area contributed by atoms with Crippen LogP contribution in [0.5, 0.6) is 5.75 Å². The van der Waals surface area contributed by atoms with Crippen molar-refractivity contribution < 1.29 is 9.84 Å². The SMILES string of the molecule is COc1ccc2sc(C=C(C)O)nc2c1. The van der Waals surface area contributed by atoms with Gasteiger partial charge in [-0.1, -0.05) is 0 Å². The molecule has 1 aromatic carbocycles. The minimum atomic E-state index is 0.265. The molecule has 0 aliphatic rings. The van der Waals surface area contributed by atoms with Crippen molar-refractivity contribution in [1.29, 1.82) is 0 Å². The van der Waals surface area contributed by atoms with Gasteiger partial charge in [-0.2, -0.15) is 0 Å². The highest BCUT2D eigenvalue weighted by Gasteiger charge is 2.03. The van der Waals surface area contributed by atoms with Gasteiger partial charge in [0, 0.05) is 12.1 Å². The number of rotatable bonds is 2. The fourth-order valence-electron chi connectivity index (χ4n) is 1.29. The number of fused-ring (bicyclic) bond motifs is 1. The number of nitrogens with zero attached hydrogens (tertiary/aromatic N) is 1. The standard InChI is InChI=1S/C11H11NO2S/c1-7(13)5-11-12-9-6-8(14-2)3-4-10(9)15-11/h3-6,13H,1-2H3. The number of ether oxygens (including phenoxy) is 1. The molecule has 4 heteroatoms. The summed E-state index contributed by atoms with van der Waals surface area (Å²) >= 11 is 1.54. The minimum Gasteiger partial charge on any atom is -0.513 e. The Bertz CT molecular complexity index is 512. The first-order chi connectivity index (χ1) is 7.19. The zero-order valence-corrected chi connectivity index (χ0v) is 9.34. The summed E-state index contributed by atoms with van der Waals surface area (Å²) in [5.41, 5.74) is 0.895. The van der Waals surface area contributed by atoms with Crippen LogP contribution in [0.25, 0.3) is 16.3 Å². The van der Waals surface area contributed by atoms with Crippen molar-refractivity contribution in [2.24, 2.45) is 0 Å². The number of aliphatic hydroxyl groups is 1. The maximum absolute atomic E-state index is 9.13. The van der Waals surface area contributed by atoms with Crippen LogP contribution >= 0.6 is 11.3 Å². The van der Waals surface area contributed by atoms with Crippen LogP contribution < -0.4 is 4.74 Å². The first-order valence-electron chi connectivity index (χ1n) is 4.51. The topological polar surface area (TPSA) is 42.4 Å². The molecule has 0 saturated carbocycles. The minimum absolute atomic E-state index is 0.265. The van der Waals surface area contributed by atoms with Crippen LogP contribution in [-0.2, 0) is 0 Å². The Hall–Kier alpha value is -1.55. The first-order valence-corrected chi connectivity index (χ1v) is 5.32. The van der Waals surface area contributed by atoms with E-state index in [-0.39, 0.29) is 5.76 Å². The van der Waals surface area contributed by atoms with Crippen LogP contribution in [0.1, 0.15) is 11.9 Å². The second-order valence-corrected chi connectivity index (χ2v) is 4.23. The quantitative estimate of drug-likeness (QED) is 0.792. The predicted molar refractivity (Wildman–Crippen MR) is 62.5 cm³/mol. The molecule has 0 bridgehead atoms. The highest BCUT2D eigenvalue weighted by atomic mass is 32.1. The molecule has 1 N–H and O–H groups in total. The molecule has 0 amide bonds. The van der Waals surface area contributed by atoms with Crippen molar-refractivity contribution in [3.8, 4) is 5.75 Å². The monoisotopic (exact) mass is 221 g/mol. The van der Waals surface area contributed by atoms with E-state index in [2.05, 4.69) is 4.98 Å². The summed E-state index contributed by atoms with van der Waals surface area (Å²) in [6.07, 6.45) is 1.65. The zero-order chi connectivity index (χ0) is 10.8. The smallest absolute Gasteiger partial charge is 0.121 e. The number of allylic oxidation sites excluding steroid dienone is 1. The van der Waals surface area contributed by atoms with Crippen molar-refractivity contribution in [2.75, 3.05) is 7.11 Å². The lowest BCUT2D eigenvalue weighted by molar-refractivity contribution is 0.415. The summed E-state index contributed by atoms with van der Waals surface area (Å²) < 4.78 is 6.20. The molecular weight excluding hydrogens is 210 g/mol. The van der Waals surface area contributed by atoms with E-state index in [0.29, 0.717) is 0 Å². The number of aliphatic hydroxyl groups excluding tert-OH is 1. The average molecular weight is 221 g/mol. The number of aromatic nitrogens is 1. The number of methoxy groups -OCH3 is 1. The van der Waals surface area contributed by atoms with Gasteiger partial charge >= 0.3 is 0 Å². The number of benzene rings is 1. The van der Waals surface area contributed by atoms with E-state index in [1.54, 1.807) is 31.4 Å². The summed E-state index contributed by atoms with van der Waals surface area (Å²) in [5, 5.41) is 9.94. The normalized spacial score (nSPS) is 12.0. The summed E-state index contributed by atoms with van der Waals surface area (Å²) in [6, 6.07) is 5.76. The maximum Gasteiger partial charge on any atom is 0.121 e. The average Bonchev–Trinajstić information content (AvgIpc) is 2.57.